The summed E-state index contributed by atoms with van der Waals surface area (Å²) in [7, 11) is -3.19. The van der Waals surface area contributed by atoms with Crippen molar-refractivity contribution in [1.29, 1.82) is 0 Å². The fraction of sp³-hybridized carbons (Fsp3) is 0.444. The molecule has 0 radical (unpaired) electrons. The Balaban J connectivity index is 1.76. The van der Waals surface area contributed by atoms with Crippen LogP contribution in [0.25, 0.3) is 0 Å². The Morgan fingerprint density at radius 1 is 1.43 bits per heavy atom. The van der Waals surface area contributed by atoms with Gasteiger partial charge in [-0.15, -0.1) is 0 Å². The highest BCUT2D eigenvalue weighted by Crippen LogP contribution is 2.36. The summed E-state index contributed by atoms with van der Waals surface area (Å²) in [5.74, 6) is 0.544. The highest BCUT2D eigenvalue weighted by Gasteiger charge is 2.23. The Bertz CT molecular complexity index is 914. The van der Waals surface area contributed by atoms with Crippen LogP contribution in [-0.2, 0) is 21.1 Å². The van der Waals surface area contributed by atoms with Crippen LogP contribution in [0.5, 0.6) is 5.75 Å². The van der Waals surface area contributed by atoms with Crippen molar-refractivity contribution in [2.45, 2.75) is 13.5 Å². The minimum atomic E-state index is -3.19. The fourth-order valence-corrected chi connectivity index (χ4v) is 3.33. The first-order valence-electron chi connectivity index (χ1n) is 8.98. The van der Waals surface area contributed by atoms with Crippen LogP contribution in [0.4, 0.5) is 16.2 Å². The molecule has 1 aliphatic heterocycles. The van der Waals surface area contributed by atoms with E-state index in [1.54, 1.807) is 18.6 Å². The van der Waals surface area contributed by atoms with Gasteiger partial charge in [-0.25, -0.2) is 18.2 Å². The summed E-state index contributed by atoms with van der Waals surface area (Å²) in [4.78, 5) is 23.2. The molecule has 10 heteroatoms. The number of aromatic nitrogens is 2. The van der Waals surface area contributed by atoms with Crippen LogP contribution in [0.15, 0.2) is 30.7 Å². The van der Waals surface area contributed by atoms with Crippen molar-refractivity contribution in [3.63, 3.8) is 0 Å². The number of nitrogens with zero attached hydrogens (tertiary/aromatic N) is 3. The summed E-state index contributed by atoms with van der Waals surface area (Å²) in [5.41, 5.74) is 2.51. The van der Waals surface area contributed by atoms with Gasteiger partial charge in [0.15, 0.2) is 9.84 Å². The molecule has 1 aromatic carbocycles. The van der Waals surface area contributed by atoms with E-state index in [4.69, 9.17) is 9.47 Å². The number of nitrogens with one attached hydrogen (secondary N) is 1. The lowest BCUT2D eigenvalue weighted by molar-refractivity contribution is 0.160. The average molecular weight is 408 g/mol. The van der Waals surface area contributed by atoms with Gasteiger partial charge in [0.25, 0.3) is 0 Å². The molecule has 2 heterocycles. The van der Waals surface area contributed by atoms with E-state index < -0.39 is 15.9 Å². The van der Waals surface area contributed by atoms with Crippen molar-refractivity contribution < 1.29 is 22.7 Å². The van der Waals surface area contributed by atoms with E-state index >= 15 is 0 Å². The number of carbonyl (C=O) groups excluding carboxylic acids is 1. The predicted molar refractivity (Wildman–Crippen MR) is 106 cm³/mol. The van der Waals surface area contributed by atoms with Crippen molar-refractivity contribution in [2.24, 2.45) is 0 Å². The molecule has 0 bridgehead atoms. The summed E-state index contributed by atoms with van der Waals surface area (Å²) < 4.78 is 33.3. The van der Waals surface area contributed by atoms with Gasteiger partial charge in [-0.3, -0.25) is 4.90 Å². The summed E-state index contributed by atoms with van der Waals surface area (Å²) in [6, 6.07) is 5.50. The second-order valence-electron chi connectivity index (χ2n) is 6.49. The van der Waals surface area contributed by atoms with E-state index in [2.05, 4.69) is 14.9 Å². The molecule has 0 unspecified atom stereocenters. The topological polar surface area (TPSA) is 105 Å². The third kappa shape index (κ3) is 4.94. The third-order valence-electron chi connectivity index (χ3n) is 4.35. The number of hydrogen-bond donors (Lipinski definition) is 1. The number of benzene rings is 1. The maximum Gasteiger partial charge on any atom is 0.414 e. The van der Waals surface area contributed by atoms with Gasteiger partial charge in [-0.1, -0.05) is 0 Å². The molecule has 0 aliphatic carbocycles. The van der Waals surface area contributed by atoms with Gasteiger partial charge >= 0.3 is 6.09 Å². The third-order valence-corrected chi connectivity index (χ3v) is 5.25. The largest absolute Gasteiger partial charge is 0.490 e. The number of H-pyrrole nitrogens is 1. The lowest BCUT2D eigenvalue weighted by atomic mass is 10.2. The number of rotatable bonds is 7. The molecule has 3 rings (SSSR count). The minimum absolute atomic E-state index is 0.172. The van der Waals surface area contributed by atoms with Gasteiger partial charge in [0, 0.05) is 24.7 Å². The van der Waals surface area contributed by atoms with Crippen LogP contribution < -0.4 is 14.5 Å². The number of carbonyl (C=O) groups is 1. The normalized spacial score (nSPS) is 13.6. The number of anilines is 2. The van der Waals surface area contributed by atoms with Gasteiger partial charge < -0.3 is 19.4 Å². The first-order valence-corrected chi connectivity index (χ1v) is 11.0. The van der Waals surface area contributed by atoms with Gasteiger partial charge in [-0.2, -0.15) is 0 Å². The Labute approximate surface area is 164 Å². The number of imidazole rings is 1. The van der Waals surface area contributed by atoms with Crippen molar-refractivity contribution in [3.8, 4) is 5.75 Å². The number of ether oxygens (including phenoxy) is 2. The van der Waals surface area contributed by atoms with Crippen LogP contribution in [0.3, 0.4) is 0 Å². The predicted octanol–water partition coefficient (Wildman–Crippen LogP) is 1.82. The van der Waals surface area contributed by atoms with E-state index in [1.165, 1.54) is 4.90 Å². The highest BCUT2D eigenvalue weighted by atomic mass is 32.2. The van der Waals surface area contributed by atoms with Crippen LogP contribution >= 0.6 is 0 Å². The molecule has 0 saturated heterocycles. The number of hydrogen-bond acceptors (Lipinski definition) is 7. The van der Waals surface area contributed by atoms with Crippen LogP contribution in [0.2, 0.25) is 0 Å². The Kier molecular flexibility index (Phi) is 6.08. The second kappa shape index (κ2) is 8.51. The van der Waals surface area contributed by atoms with Crippen molar-refractivity contribution >= 4 is 27.3 Å². The maximum absolute atomic E-state index is 12.4. The van der Waals surface area contributed by atoms with Crippen molar-refractivity contribution in [3.05, 3.63) is 36.4 Å². The molecule has 0 fully saturated rings. The van der Waals surface area contributed by atoms with E-state index in [-0.39, 0.29) is 12.4 Å². The summed E-state index contributed by atoms with van der Waals surface area (Å²) in [6.07, 6.45) is 3.94. The molecule has 0 atom stereocenters. The molecule has 9 nitrogen and oxygen atoms in total. The Morgan fingerprint density at radius 2 is 2.25 bits per heavy atom. The molecular formula is C18H24N4O5S. The molecule has 0 saturated carbocycles. The van der Waals surface area contributed by atoms with E-state index in [0.29, 0.717) is 31.9 Å². The second-order valence-corrected chi connectivity index (χ2v) is 8.75. The zero-order valence-corrected chi connectivity index (χ0v) is 16.7. The molecule has 1 N–H and O–H groups in total. The van der Waals surface area contributed by atoms with Crippen LogP contribution in [0.1, 0.15) is 12.6 Å². The molecule has 2 aromatic rings. The molecule has 0 spiro atoms. The number of fused-ring (bicyclic) bond motifs is 1. The maximum atomic E-state index is 12.4. The average Bonchev–Trinajstić information content (AvgIpc) is 3.15. The quantitative estimate of drug-likeness (QED) is 0.745. The van der Waals surface area contributed by atoms with Crippen molar-refractivity contribution in [2.75, 3.05) is 48.1 Å². The first kappa shape index (κ1) is 20.0. The summed E-state index contributed by atoms with van der Waals surface area (Å²) >= 11 is 0. The number of sulfone groups is 1. The summed E-state index contributed by atoms with van der Waals surface area (Å²) in [5, 5.41) is 0. The van der Waals surface area contributed by atoms with Gasteiger partial charge in [-0.05, 0) is 25.1 Å². The molecule has 152 valence electrons. The molecule has 1 aliphatic rings. The monoisotopic (exact) mass is 408 g/mol. The van der Waals surface area contributed by atoms with Crippen LogP contribution in [0, 0.1) is 0 Å². The first-order chi connectivity index (χ1) is 13.4. The zero-order valence-electron chi connectivity index (χ0n) is 15.9. The lowest BCUT2D eigenvalue weighted by Crippen LogP contribution is -2.34. The smallest absolute Gasteiger partial charge is 0.414 e. The SMILES string of the molecule is CCN(C(=O)OCCS(C)(=O)=O)c1ccc2c(c1)N(Cc1cnc[nH]1)CCO2. The Hall–Kier alpha value is -2.75. The molecule has 1 amide bonds. The zero-order chi connectivity index (χ0) is 20.1. The number of aromatic amines is 1. The van der Waals surface area contributed by atoms with Crippen LogP contribution in [-0.4, -0.2) is 62.8 Å². The standard InChI is InChI=1S/C18H24N4O5S/c1-3-22(18(23)27-8-9-28(2,24)25)15-4-5-17-16(10-15)21(6-7-26-17)12-14-11-19-13-20-14/h4-5,10-11,13H,3,6-9,12H2,1-2H3,(H,19,20). The summed E-state index contributed by atoms with van der Waals surface area (Å²) in [6.45, 7) is 3.97. The van der Waals surface area contributed by atoms with Gasteiger partial charge in [0.1, 0.15) is 19.0 Å². The fourth-order valence-electron chi connectivity index (χ4n) is 2.95. The minimum Gasteiger partial charge on any atom is -0.490 e. The molecule has 28 heavy (non-hydrogen) atoms. The Morgan fingerprint density at radius 3 is 2.93 bits per heavy atom. The molecule has 1 aromatic heterocycles. The van der Waals surface area contributed by atoms with E-state index in [1.807, 2.05) is 19.1 Å². The van der Waals surface area contributed by atoms with E-state index in [0.717, 1.165) is 23.4 Å². The number of amides is 1. The van der Waals surface area contributed by atoms with E-state index in [9.17, 15) is 13.2 Å². The van der Waals surface area contributed by atoms with Gasteiger partial charge in [0.05, 0.1) is 36.6 Å². The van der Waals surface area contributed by atoms with Gasteiger partial charge in [0.2, 0.25) is 0 Å². The highest BCUT2D eigenvalue weighted by molar-refractivity contribution is 7.90. The molecular weight excluding hydrogens is 384 g/mol. The van der Waals surface area contributed by atoms with Crippen molar-refractivity contribution in [1.82, 2.24) is 9.97 Å². The lowest BCUT2D eigenvalue weighted by Gasteiger charge is -2.32.